The number of carbonyl (C=O) groups is 5. The molecule has 0 spiro atoms. The molecule has 1 rings (SSSR count). The molecule has 2 atom stereocenters. The van der Waals surface area contributed by atoms with Crippen molar-refractivity contribution in [3.8, 4) is 0 Å². The molecule has 0 saturated heterocycles. The van der Waals surface area contributed by atoms with Gasteiger partial charge in [-0.2, -0.15) is 0 Å². The monoisotopic (exact) mass is 624 g/mol. The molecule has 0 aromatic carbocycles. The van der Waals surface area contributed by atoms with Gasteiger partial charge in [0.25, 0.3) is 5.76 Å². The molecule has 0 aromatic heterocycles. The molecule has 44 heavy (non-hydrogen) atoms. The van der Waals surface area contributed by atoms with E-state index in [4.69, 9.17) is 23.7 Å². The van der Waals surface area contributed by atoms with Crippen LogP contribution >= 0.6 is 0 Å². The van der Waals surface area contributed by atoms with E-state index in [0.717, 1.165) is 52.4 Å². The topological polar surface area (TPSA) is 132 Å². The lowest BCUT2D eigenvalue weighted by molar-refractivity contribution is -0.171. The van der Waals surface area contributed by atoms with Crippen molar-refractivity contribution < 1.29 is 47.7 Å². The van der Waals surface area contributed by atoms with Crippen LogP contribution in [0.3, 0.4) is 0 Å². The van der Waals surface area contributed by atoms with Gasteiger partial charge >= 0.3 is 29.8 Å². The Hall–Kier alpha value is -2.91. The molecule has 0 aliphatic carbocycles. The van der Waals surface area contributed by atoms with Crippen molar-refractivity contribution in [3.05, 3.63) is 11.5 Å². The summed E-state index contributed by atoms with van der Waals surface area (Å²) in [4.78, 5) is 61.2. The van der Waals surface area contributed by atoms with E-state index in [9.17, 15) is 24.0 Å². The smallest absolute Gasteiger partial charge is 0.379 e. The summed E-state index contributed by atoms with van der Waals surface area (Å²) in [7, 11) is 0. The minimum Gasteiger partial charge on any atom is -0.462 e. The molecule has 0 unspecified atom stereocenters. The first-order valence-corrected chi connectivity index (χ1v) is 16.9. The lowest BCUT2D eigenvalue weighted by Crippen LogP contribution is -2.38. The highest BCUT2D eigenvalue weighted by molar-refractivity contribution is 5.93. The van der Waals surface area contributed by atoms with Gasteiger partial charge in [0.1, 0.15) is 6.61 Å². The summed E-state index contributed by atoms with van der Waals surface area (Å²) in [6.45, 7) is 6.21. The first-order valence-electron chi connectivity index (χ1n) is 16.9. The van der Waals surface area contributed by atoms with Crippen molar-refractivity contribution in [1.29, 1.82) is 0 Å². The van der Waals surface area contributed by atoms with Gasteiger partial charge in [0.05, 0.1) is 0 Å². The Labute approximate surface area is 263 Å². The lowest BCUT2D eigenvalue weighted by atomic mass is 10.1. The molecule has 252 valence electrons. The third kappa shape index (κ3) is 18.0. The Bertz CT molecular complexity index is 910. The van der Waals surface area contributed by atoms with Crippen LogP contribution in [0, 0.1) is 0 Å². The van der Waals surface area contributed by atoms with Gasteiger partial charge in [0.2, 0.25) is 11.9 Å². The fourth-order valence-electron chi connectivity index (χ4n) is 5.02. The van der Waals surface area contributed by atoms with Crippen LogP contribution in [0.1, 0.15) is 156 Å². The zero-order chi connectivity index (χ0) is 32.6. The van der Waals surface area contributed by atoms with E-state index >= 15 is 0 Å². The fraction of sp³-hybridized carbons (Fsp3) is 0.794. The van der Waals surface area contributed by atoms with E-state index in [1.165, 1.54) is 64.2 Å². The van der Waals surface area contributed by atoms with Gasteiger partial charge in [0, 0.05) is 26.7 Å². The van der Waals surface area contributed by atoms with Gasteiger partial charge in [-0.1, -0.05) is 117 Å². The van der Waals surface area contributed by atoms with Crippen LogP contribution in [0.2, 0.25) is 0 Å². The van der Waals surface area contributed by atoms with Crippen LogP contribution in [-0.2, 0) is 47.7 Å². The quantitative estimate of drug-likeness (QED) is 0.0540. The van der Waals surface area contributed by atoms with E-state index < -0.39 is 54.4 Å². The van der Waals surface area contributed by atoms with Gasteiger partial charge < -0.3 is 23.7 Å². The molecule has 1 aliphatic rings. The maximum Gasteiger partial charge on any atom is 0.379 e. The Morgan fingerprint density at radius 2 is 1.09 bits per heavy atom. The van der Waals surface area contributed by atoms with Crippen molar-refractivity contribution in [2.45, 2.75) is 168 Å². The molecule has 0 amide bonds. The summed E-state index contributed by atoms with van der Waals surface area (Å²) in [5, 5.41) is 0. The normalized spacial score (nSPS) is 15.1. The van der Waals surface area contributed by atoms with E-state index in [-0.39, 0.29) is 18.6 Å². The minimum atomic E-state index is -1.42. The van der Waals surface area contributed by atoms with Crippen LogP contribution in [-0.4, -0.2) is 48.7 Å². The molecule has 10 heteroatoms. The van der Waals surface area contributed by atoms with Gasteiger partial charge in [0.15, 0.2) is 6.10 Å². The third-order valence-corrected chi connectivity index (χ3v) is 7.40. The maximum absolute atomic E-state index is 12.7. The Balaban J connectivity index is 2.64. The number of unbranched alkanes of at least 4 members (excludes halogenated alkanes) is 16. The van der Waals surface area contributed by atoms with Gasteiger partial charge in [-0.05, 0) is 12.8 Å². The van der Waals surface area contributed by atoms with Crippen molar-refractivity contribution in [2.24, 2.45) is 0 Å². The van der Waals surface area contributed by atoms with Gasteiger partial charge in [-0.3, -0.25) is 19.2 Å². The summed E-state index contributed by atoms with van der Waals surface area (Å²) in [6, 6.07) is 0. The van der Waals surface area contributed by atoms with E-state index in [1.54, 1.807) is 0 Å². The zero-order valence-corrected chi connectivity index (χ0v) is 27.6. The summed E-state index contributed by atoms with van der Waals surface area (Å²) in [5.74, 6) is -4.65. The van der Waals surface area contributed by atoms with Gasteiger partial charge in [-0.15, -0.1) is 0 Å². The average molecular weight is 625 g/mol. The Morgan fingerprint density at radius 1 is 0.636 bits per heavy atom. The maximum atomic E-state index is 12.7. The van der Waals surface area contributed by atoms with Gasteiger partial charge in [-0.25, -0.2) is 4.79 Å². The third-order valence-electron chi connectivity index (χ3n) is 7.40. The largest absolute Gasteiger partial charge is 0.462 e. The van der Waals surface area contributed by atoms with Crippen LogP contribution < -0.4 is 0 Å². The second kappa shape index (κ2) is 24.4. The Morgan fingerprint density at radius 3 is 1.55 bits per heavy atom. The second-order valence-corrected chi connectivity index (χ2v) is 11.6. The van der Waals surface area contributed by atoms with Crippen LogP contribution in [0.15, 0.2) is 11.5 Å². The number of esters is 5. The molecule has 0 aromatic rings. The van der Waals surface area contributed by atoms with Crippen LogP contribution in [0.5, 0.6) is 0 Å². The average Bonchev–Trinajstić information content (AvgIpc) is 3.26. The van der Waals surface area contributed by atoms with E-state index in [2.05, 4.69) is 13.8 Å². The van der Waals surface area contributed by atoms with Crippen LogP contribution in [0.4, 0.5) is 0 Å². The summed E-state index contributed by atoms with van der Waals surface area (Å²) >= 11 is 0. The molecule has 1 heterocycles. The number of rotatable bonds is 26. The first kappa shape index (κ1) is 39.1. The highest BCUT2D eigenvalue weighted by Crippen LogP contribution is 2.30. The molecule has 0 N–H and O–H groups in total. The SMILES string of the molecule is CCCCCCCCCCCC(=O)OC[C@H](OC(C)=O)[C@H]1OC(=O)C(OC(=O)CCCCCCCCCCC)=C1OC(C)=O. The predicted molar refractivity (Wildman–Crippen MR) is 165 cm³/mol. The molecular weight excluding hydrogens is 568 g/mol. The highest BCUT2D eigenvalue weighted by atomic mass is 16.7. The first-order chi connectivity index (χ1) is 21.2. The lowest BCUT2D eigenvalue weighted by Gasteiger charge is -2.23. The van der Waals surface area contributed by atoms with Crippen molar-refractivity contribution >= 4 is 29.8 Å². The van der Waals surface area contributed by atoms with E-state index in [1.807, 2.05) is 0 Å². The number of cyclic esters (lactones) is 1. The van der Waals surface area contributed by atoms with Crippen LogP contribution in [0.25, 0.3) is 0 Å². The predicted octanol–water partition coefficient (Wildman–Crippen LogP) is 7.55. The molecule has 0 saturated carbocycles. The molecule has 0 fully saturated rings. The fourth-order valence-corrected chi connectivity index (χ4v) is 5.02. The molecule has 0 radical (unpaired) electrons. The van der Waals surface area contributed by atoms with Crippen molar-refractivity contribution in [2.75, 3.05) is 6.61 Å². The minimum absolute atomic E-state index is 0.0779. The number of hydrogen-bond acceptors (Lipinski definition) is 10. The second-order valence-electron chi connectivity index (χ2n) is 11.6. The van der Waals surface area contributed by atoms with E-state index in [0.29, 0.717) is 12.8 Å². The standard InChI is InChI=1S/C34H56O10/c1-5-7-9-11-13-15-17-19-21-23-29(37)40-25-28(41-26(3)35)31-32(42-27(4)36)33(34(39)44-31)43-30(38)24-22-20-18-16-14-12-10-8-6-2/h28,31H,5-25H2,1-4H3/t28-,31+/m0/s1. The highest BCUT2D eigenvalue weighted by Gasteiger charge is 2.46. The summed E-state index contributed by atoms with van der Waals surface area (Å²) < 4.78 is 26.4. The summed E-state index contributed by atoms with van der Waals surface area (Å²) in [5.41, 5.74) is 0. The number of ether oxygens (including phenoxy) is 5. The number of hydrogen-bond donors (Lipinski definition) is 0. The molecule has 10 nitrogen and oxygen atoms in total. The molecular formula is C34H56O10. The molecule has 1 aliphatic heterocycles. The molecule has 0 bridgehead atoms. The number of carbonyl (C=O) groups excluding carboxylic acids is 5. The zero-order valence-electron chi connectivity index (χ0n) is 27.6. The van der Waals surface area contributed by atoms with Crippen molar-refractivity contribution in [3.63, 3.8) is 0 Å². The Kier molecular flexibility index (Phi) is 21.7. The summed E-state index contributed by atoms with van der Waals surface area (Å²) in [6.07, 6.45) is 17.2. The van der Waals surface area contributed by atoms with Crippen molar-refractivity contribution in [1.82, 2.24) is 0 Å².